The van der Waals surface area contributed by atoms with Crippen molar-refractivity contribution >= 4 is 17.2 Å². The molecule has 1 aliphatic carbocycles. The van der Waals surface area contributed by atoms with Gasteiger partial charge in [0.05, 0.1) is 12.1 Å². The van der Waals surface area contributed by atoms with Crippen molar-refractivity contribution in [1.82, 2.24) is 15.0 Å². The van der Waals surface area contributed by atoms with Crippen molar-refractivity contribution in [3.63, 3.8) is 0 Å². The second kappa shape index (κ2) is 8.40. The lowest BCUT2D eigenvalue weighted by Crippen LogP contribution is -2.38. The van der Waals surface area contributed by atoms with Crippen LogP contribution in [0.3, 0.4) is 0 Å². The number of fused-ring (bicyclic) bond motifs is 1. The zero-order chi connectivity index (χ0) is 24.0. The Morgan fingerprint density at radius 1 is 1.09 bits per heavy atom. The zero-order valence-electron chi connectivity index (χ0n) is 18.8. The molecule has 2 aromatic heterocycles. The molecule has 1 saturated carbocycles. The highest BCUT2D eigenvalue weighted by molar-refractivity contribution is 5.73. The summed E-state index contributed by atoms with van der Waals surface area (Å²) >= 11 is 0. The molecule has 0 radical (unpaired) electrons. The van der Waals surface area contributed by atoms with Crippen molar-refractivity contribution in [3.8, 4) is 29.0 Å². The molecule has 0 unspecified atom stereocenters. The van der Waals surface area contributed by atoms with E-state index in [-0.39, 0.29) is 29.6 Å². The predicted octanol–water partition coefficient (Wildman–Crippen LogP) is 5.38. The number of ether oxygens (including phenoxy) is 2. The lowest BCUT2D eigenvalue weighted by Gasteiger charge is -2.33. The maximum atomic E-state index is 13.5. The van der Waals surface area contributed by atoms with Gasteiger partial charge in [0.15, 0.2) is 0 Å². The molecule has 0 atom stereocenters. The fourth-order valence-electron chi connectivity index (χ4n) is 3.97. The summed E-state index contributed by atoms with van der Waals surface area (Å²) in [7, 11) is 0. The van der Waals surface area contributed by atoms with Gasteiger partial charge in [-0.1, -0.05) is 0 Å². The van der Waals surface area contributed by atoms with Crippen LogP contribution in [0, 0.1) is 32.5 Å². The molecule has 0 spiro atoms. The van der Waals surface area contributed by atoms with Gasteiger partial charge in [-0.15, -0.1) is 0 Å². The molecule has 34 heavy (non-hydrogen) atoms. The first-order valence-corrected chi connectivity index (χ1v) is 10.9. The quantitative estimate of drug-likeness (QED) is 0.406. The summed E-state index contributed by atoms with van der Waals surface area (Å²) < 4.78 is 31.0. The molecule has 0 saturated heterocycles. The number of hydrogen-bond acceptors (Lipinski definition) is 7. The number of nitrogens with zero attached hydrogens (tertiary/aromatic N) is 3. The second-order valence-electron chi connectivity index (χ2n) is 8.56. The molecule has 1 N–H and O–H groups in total. The molecule has 8 nitrogen and oxygen atoms in total. The summed E-state index contributed by atoms with van der Waals surface area (Å²) in [4.78, 5) is 24.0. The van der Waals surface area contributed by atoms with Crippen molar-refractivity contribution < 1.29 is 28.2 Å². The van der Waals surface area contributed by atoms with Crippen molar-refractivity contribution in [3.05, 3.63) is 59.0 Å². The molecule has 4 aromatic rings. The van der Waals surface area contributed by atoms with Crippen LogP contribution < -0.4 is 9.47 Å². The Balaban J connectivity index is 1.36. The van der Waals surface area contributed by atoms with Crippen molar-refractivity contribution in [2.75, 3.05) is 0 Å². The fraction of sp³-hybridized carbons (Fsp3) is 0.280. The van der Waals surface area contributed by atoms with Gasteiger partial charge in [-0.25, -0.2) is 14.4 Å². The van der Waals surface area contributed by atoms with Gasteiger partial charge in [-0.3, -0.25) is 4.79 Å². The minimum absolute atomic E-state index is 0.0671. The number of aromatic nitrogens is 3. The number of aryl methyl sites for hydroxylation is 3. The summed E-state index contributed by atoms with van der Waals surface area (Å²) in [5.74, 6) is 0.129. The van der Waals surface area contributed by atoms with E-state index in [1.54, 1.807) is 13.0 Å². The van der Waals surface area contributed by atoms with Gasteiger partial charge in [0.2, 0.25) is 5.89 Å². The third kappa shape index (κ3) is 4.16. The molecule has 5 rings (SSSR count). The molecule has 9 heteroatoms. The van der Waals surface area contributed by atoms with E-state index in [1.807, 2.05) is 26.0 Å². The highest BCUT2D eigenvalue weighted by atomic mass is 19.1. The van der Waals surface area contributed by atoms with E-state index < -0.39 is 5.97 Å². The van der Waals surface area contributed by atoms with E-state index in [4.69, 9.17) is 19.0 Å². The predicted molar refractivity (Wildman–Crippen MR) is 120 cm³/mol. The highest BCUT2D eigenvalue weighted by Crippen LogP contribution is 2.36. The summed E-state index contributed by atoms with van der Waals surface area (Å²) in [6.07, 6.45) is 2.45. The molecule has 1 aliphatic rings. The van der Waals surface area contributed by atoms with Crippen molar-refractivity contribution in [1.29, 1.82) is 0 Å². The number of carboxylic acid groups (broad SMARTS) is 1. The van der Waals surface area contributed by atoms with Crippen LogP contribution in [0.25, 0.3) is 22.7 Å². The summed E-state index contributed by atoms with van der Waals surface area (Å²) in [5, 5.41) is 9.06. The van der Waals surface area contributed by atoms with Crippen LogP contribution in [0.5, 0.6) is 17.5 Å². The standard InChI is InChI=1S/C25H22FN3O5/c1-12-8-17(4-5-19(12)26)33-25-27-11-20-23(29-25)34-22(28-20)15-6-13(2)21(14(3)7-15)32-18-9-16(10-18)24(30)31/h4-8,11,16,18H,9-10H2,1-3H3,(H,30,31). The van der Waals surface area contributed by atoms with Crippen molar-refractivity contribution in [2.24, 2.45) is 5.92 Å². The minimum Gasteiger partial charge on any atom is -0.490 e. The number of carboxylic acids is 1. The van der Waals surface area contributed by atoms with Crippen LogP contribution in [0.1, 0.15) is 29.5 Å². The minimum atomic E-state index is -0.774. The van der Waals surface area contributed by atoms with Crippen LogP contribution in [0.4, 0.5) is 4.39 Å². The number of halogens is 1. The summed E-state index contributed by atoms with van der Waals surface area (Å²) in [6, 6.07) is 8.28. The fourth-order valence-corrected chi connectivity index (χ4v) is 3.97. The highest BCUT2D eigenvalue weighted by Gasteiger charge is 2.36. The molecule has 2 heterocycles. The van der Waals surface area contributed by atoms with E-state index in [0.717, 1.165) is 22.4 Å². The monoisotopic (exact) mass is 463 g/mol. The van der Waals surface area contributed by atoms with Crippen LogP contribution in [-0.2, 0) is 4.79 Å². The summed E-state index contributed by atoms with van der Waals surface area (Å²) in [6.45, 7) is 5.50. The maximum Gasteiger partial charge on any atom is 0.325 e. The molecule has 2 aromatic carbocycles. The van der Waals surface area contributed by atoms with Crippen LogP contribution in [-0.4, -0.2) is 32.1 Å². The number of carbonyl (C=O) groups is 1. The van der Waals surface area contributed by atoms with E-state index in [2.05, 4.69) is 15.0 Å². The Labute approximate surface area is 194 Å². The molecule has 0 aliphatic heterocycles. The zero-order valence-corrected chi connectivity index (χ0v) is 18.8. The third-order valence-electron chi connectivity index (χ3n) is 5.90. The first kappa shape index (κ1) is 21.8. The maximum absolute atomic E-state index is 13.5. The van der Waals surface area contributed by atoms with Gasteiger partial charge >= 0.3 is 12.0 Å². The Hall–Kier alpha value is -4.01. The van der Waals surface area contributed by atoms with E-state index in [1.165, 1.54) is 18.3 Å². The van der Waals surface area contributed by atoms with Gasteiger partial charge in [0.25, 0.3) is 5.71 Å². The number of hydrogen-bond donors (Lipinski definition) is 1. The van der Waals surface area contributed by atoms with Crippen LogP contribution in [0.2, 0.25) is 0 Å². The van der Waals surface area contributed by atoms with Crippen LogP contribution in [0.15, 0.2) is 40.9 Å². The van der Waals surface area contributed by atoms with E-state index in [0.29, 0.717) is 35.6 Å². The molecule has 174 valence electrons. The van der Waals surface area contributed by atoms with Crippen LogP contribution >= 0.6 is 0 Å². The first-order chi connectivity index (χ1) is 16.3. The third-order valence-corrected chi connectivity index (χ3v) is 5.90. The topological polar surface area (TPSA) is 108 Å². The molecular formula is C25H22FN3O5. The molecule has 0 amide bonds. The largest absolute Gasteiger partial charge is 0.490 e. The van der Waals surface area contributed by atoms with Gasteiger partial charge in [0, 0.05) is 5.56 Å². The van der Waals surface area contributed by atoms with Gasteiger partial charge in [0.1, 0.15) is 28.9 Å². The van der Waals surface area contributed by atoms with Gasteiger partial charge < -0.3 is 19.0 Å². The normalized spacial score (nSPS) is 17.4. The van der Waals surface area contributed by atoms with E-state index >= 15 is 0 Å². The molecule has 0 bridgehead atoms. The lowest BCUT2D eigenvalue weighted by atomic mass is 9.82. The Kier molecular flexibility index (Phi) is 5.39. The average Bonchev–Trinajstić information content (AvgIpc) is 3.17. The average molecular weight is 463 g/mol. The summed E-state index contributed by atoms with van der Waals surface area (Å²) in [5.41, 5.74) is 3.76. The smallest absolute Gasteiger partial charge is 0.325 e. The number of benzene rings is 2. The van der Waals surface area contributed by atoms with Crippen molar-refractivity contribution in [2.45, 2.75) is 39.7 Å². The SMILES string of the molecule is Cc1cc(Oc2ncc3nc(-c4cc(C)c(OC5CC(C(=O)O)C5)c(C)c4)oc3n2)ccc1F. The number of rotatable bonds is 6. The Morgan fingerprint density at radius 2 is 1.82 bits per heavy atom. The first-order valence-electron chi connectivity index (χ1n) is 10.9. The second-order valence-corrected chi connectivity index (χ2v) is 8.56. The number of oxazole rings is 1. The lowest BCUT2D eigenvalue weighted by molar-refractivity contribution is -0.147. The van der Waals surface area contributed by atoms with Gasteiger partial charge in [-0.05, 0) is 80.6 Å². The number of aliphatic carboxylic acids is 1. The molecule has 1 fully saturated rings. The Morgan fingerprint density at radius 3 is 2.50 bits per heavy atom. The van der Waals surface area contributed by atoms with E-state index in [9.17, 15) is 9.18 Å². The molecular weight excluding hydrogens is 441 g/mol. The Bertz CT molecular complexity index is 1390. The van der Waals surface area contributed by atoms with Gasteiger partial charge in [-0.2, -0.15) is 4.98 Å².